The molecule has 1 aliphatic carbocycles. The number of anilines is 1. The van der Waals surface area contributed by atoms with E-state index in [2.05, 4.69) is 79.5 Å². The van der Waals surface area contributed by atoms with Crippen LogP contribution < -0.4 is 4.90 Å². The van der Waals surface area contributed by atoms with E-state index >= 15 is 0 Å². The molecule has 0 bridgehead atoms. The van der Waals surface area contributed by atoms with Crippen molar-refractivity contribution in [3.8, 4) is 0 Å². The van der Waals surface area contributed by atoms with Crippen molar-refractivity contribution in [1.29, 1.82) is 0 Å². The predicted molar refractivity (Wildman–Crippen MR) is 115 cm³/mol. The van der Waals surface area contributed by atoms with Crippen LogP contribution in [0.3, 0.4) is 0 Å². The molecule has 0 amide bonds. The zero-order chi connectivity index (χ0) is 19.1. The summed E-state index contributed by atoms with van der Waals surface area (Å²) in [5.74, 6) is 0. The molecule has 3 atom stereocenters. The van der Waals surface area contributed by atoms with Crippen LogP contribution >= 0.6 is 0 Å². The fourth-order valence-electron chi connectivity index (χ4n) is 7.20. The van der Waals surface area contributed by atoms with Gasteiger partial charge in [0.05, 0.1) is 5.69 Å². The summed E-state index contributed by atoms with van der Waals surface area (Å²) in [6.45, 7) is 4.81. The number of benzene rings is 2. The van der Waals surface area contributed by atoms with E-state index in [0.29, 0.717) is 6.17 Å². The average Bonchev–Trinajstić information content (AvgIpc) is 3.41. The number of hydrogen-bond acceptors (Lipinski definition) is 3. The highest BCUT2D eigenvalue weighted by Gasteiger charge is 2.64. The van der Waals surface area contributed by atoms with Crippen molar-refractivity contribution >= 4 is 27.6 Å². The fourth-order valence-corrected chi connectivity index (χ4v) is 7.20. The number of nitrogens with zero attached hydrogens (tertiary/aromatic N) is 2. The molecule has 3 heteroatoms. The first-order chi connectivity index (χ1) is 13.7. The van der Waals surface area contributed by atoms with Gasteiger partial charge in [0.2, 0.25) is 0 Å². The topological polar surface area (TPSA) is 19.6 Å². The highest BCUT2D eigenvalue weighted by atomic mass is 16.3. The molecule has 0 radical (unpaired) electrons. The zero-order valence-corrected chi connectivity index (χ0v) is 17.0. The summed E-state index contributed by atoms with van der Waals surface area (Å²) < 4.78 is 6.50. The maximum absolute atomic E-state index is 6.50. The van der Waals surface area contributed by atoms with E-state index in [0.717, 1.165) is 11.2 Å². The summed E-state index contributed by atoms with van der Waals surface area (Å²) in [5.41, 5.74) is 5.39. The lowest BCUT2D eigenvalue weighted by Crippen LogP contribution is -2.61. The lowest BCUT2D eigenvalue weighted by atomic mass is 9.55. The molecule has 28 heavy (non-hydrogen) atoms. The van der Waals surface area contributed by atoms with Crippen molar-refractivity contribution in [2.75, 3.05) is 11.9 Å². The van der Waals surface area contributed by atoms with E-state index in [1.165, 1.54) is 54.1 Å². The molecule has 1 aromatic heterocycles. The third-order valence-electron chi connectivity index (χ3n) is 8.31. The molecular formula is C25H28N2O. The van der Waals surface area contributed by atoms with Crippen LogP contribution in [0, 0.1) is 5.41 Å². The molecule has 3 aliphatic rings. The Hall–Kier alpha value is -2.42. The van der Waals surface area contributed by atoms with Crippen molar-refractivity contribution in [1.82, 2.24) is 4.90 Å². The van der Waals surface area contributed by atoms with Crippen LogP contribution in [-0.2, 0) is 5.41 Å². The smallest absolute Gasteiger partial charge is 0.159 e. The van der Waals surface area contributed by atoms with Gasteiger partial charge in [-0.2, -0.15) is 0 Å². The van der Waals surface area contributed by atoms with Gasteiger partial charge in [0.15, 0.2) is 5.58 Å². The Balaban J connectivity index is 1.75. The SMILES string of the molecule is CCC12CCCC1(CC)C1N(C)C=CN1c1c2ccc2c1oc1ccccc12. The van der Waals surface area contributed by atoms with E-state index in [-0.39, 0.29) is 10.8 Å². The minimum atomic E-state index is 0.228. The molecule has 2 aromatic carbocycles. The summed E-state index contributed by atoms with van der Waals surface area (Å²) >= 11 is 0. The van der Waals surface area contributed by atoms with Gasteiger partial charge in [-0.25, -0.2) is 0 Å². The Morgan fingerprint density at radius 3 is 2.68 bits per heavy atom. The van der Waals surface area contributed by atoms with Gasteiger partial charge in [0.1, 0.15) is 11.7 Å². The molecule has 0 N–H and O–H groups in total. The minimum absolute atomic E-state index is 0.228. The van der Waals surface area contributed by atoms with Gasteiger partial charge in [-0.3, -0.25) is 0 Å². The van der Waals surface area contributed by atoms with Crippen molar-refractivity contribution in [2.45, 2.75) is 57.5 Å². The van der Waals surface area contributed by atoms with E-state index in [1.807, 2.05) is 0 Å². The molecule has 3 heterocycles. The van der Waals surface area contributed by atoms with Crippen molar-refractivity contribution in [2.24, 2.45) is 5.41 Å². The van der Waals surface area contributed by atoms with Crippen LogP contribution in [-0.4, -0.2) is 18.1 Å². The minimum Gasteiger partial charge on any atom is -0.454 e. The molecular weight excluding hydrogens is 344 g/mol. The number of fused-ring (bicyclic) bond motifs is 10. The monoisotopic (exact) mass is 372 g/mol. The molecule has 6 rings (SSSR count). The molecule has 3 unspecified atom stereocenters. The van der Waals surface area contributed by atoms with E-state index < -0.39 is 0 Å². The molecule has 1 saturated carbocycles. The van der Waals surface area contributed by atoms with Gasteiger partial charge in [-0.1, -0.05) is 50.6 Å². The van der Waals surface area contributed by atoms with Crippen LogP contribution in [0.1, 0.15) is 51.5 Å². The second-order valence-corrected chi connectivity index (χ2v) is 8.98. The van der Waals surface area contributed by atoms with E-state index in [1.54, 1.807) is 0 Å². The van der Waals surface area contributed by atoms with Crippen molar-refractivity contribution < 1.29 is 4.42 Å². The molecule has 1 fully saturated rings. The van der Waals surface area contributed by atoms with Gasteiger partial charge in [0, 0.05) is 41.1 Å². The maximum atomic E-state index is 6.50. The first-order valence-electron chi connectivity index (χ1n) is 10.8. The number of para-hydroxylation sites is 1. The third-order valence-corrected chi connectivity index (χ3v) is 8.31. The predicted octanol–water partition coefficient (Wildman–Crippen LogP) is 6.38. The first kappa shape index (κ1) is 16.5. The number of hydrogen-bond donors (Lipinski definition) is 0. The van der Waals surface area contributed by atoms with Crippen molar-refractivity contribution in [3.05, 3.63) is 54.4 Å². The van der Waals surface area contributed by atoms with Crippen LogP contribution in [0.15, 0.2) is 53.2 Å². The number of furan rings is 1. The molecule has 144 valence electrons. The highest BCUT2D eigenvalue weighted by molar-refractivity contribution is 6.10. The quantitative estimate of drug-likeness (QED) is 0.520. The van der Waals surface area contributed by atoms with Crippen LogP contribution in [0.25, 0.3) is 21.9 Å². The second-order valence-electron chi connectivity index (χ2n) is 8.98. The Kier molecular flexibility index (Phi) is 3.15. The average molecular weight is 373 g/mol. The van der Waals surface area contributed by atoms with Gasteiger partial charge >= 0.3 is 0 Å². The summed E-state index contributed by atoms with van der Waals surface area (Å²) in [6.07, 6.45) is 11.2. The largest absolute Gasteiger partial charge is 0.454 e. The lowest BCUT2D eigenvalue weighted by Gasteiger charge is -2.58. The standard InChI is InChI=1S/C25H28N2O/c1-4-24-13-8-14-25(24,5-2)23-26(3)15-16-27(23)21-19(24)12-11-18-17-9-6-7-10-20(17)28-22(18)21/h6-7,9-12,15-16,23H,4-5,8,13-14H2,1-3H3. The maximum Gasteiger partial charge on any atom is 0.159 e. The van der Waals surface area contributed by atoms with Crippen molar-refractivity contribution in [3.63, 3.8) is 0 Å². The first-order valence-corrected chi connectivity index (χ1v) is 10.8. The van der Waals surface area contributed by atoms with Crippen LogP contribution in [0.2, 0.25) is 0 Å². The Labute approximate surface area is 166 Å². The highest BCUT2D eigenvalue weighted by Crippen LogP contribution is 2.67. The zero-order valence-electron chi connectivity index (χ0n) is 17.0. The second kappa shape index (κ2) is 5.34. The normalized spacial score (nSPS) is 30.9. The fraction of sp³-hybridized carbons (Fsp3) is 0.440. The summed E-state index contributed by atoms with van der Waals surface area (Å²) in [7, 11) is 2.25. The Morgan fingerprint density at radius 2 is 1.86 bits per heavy atom. The lowest BCUT2D eigenvalue weighted by molar-refractivity contribution is 0.0381. The summed E-state index contributed by atoms with van der Waals surface area (Å²) in [4.78, 5) is 4.98. The molecule has 2 aliphatic heterocycles. The molecule has 0 saturated heterocycles. The van der Waals surface area contributed by atoms with Crippen LogP contribution in [0.4, 0.5) is 5.69 Å². The third kappa shape index (κ3) is 1.64. The van der Waals surface area contributed by atoms with Gasteiger partial charge in [0.25, 0.3) is 0 Å². The van der Waals surface area contributed by atoms with E-state index in [9.17, 15) is 0 Å². The molecule has 3 nitrogen and oxygen atoms in total. The number of rotatable bonds is 2. The summed E-state index contributed by atoms with van der Waals surface area (Å²) in [5, 5.41) is 2.46. The van der Waals surface area contributed by atoms with Crippen LogP contribution in [0.5, 0.6) is 0 Å². The van der Waals surface area contributed by atoms with Gasteiger partial charge in [-0.15, -0.1) is 0 Å². The molecule has 3 aromatic rings. The Morgan fingerprint density at radius 1 is 1.00 bits per heavy atom. The molecule has 0 spiro atoms. The van der Waals surface area contributed by atoms with E-state index in [4.69, 9.17) is 4.42 Å². The Bertz CT molecular complexity index is 1130. The van der Waals surface area contributed by atoms with Gasteiger partial charge < -0.3 is 14.2 Å². The summed E-state index contributed by atoms with van der Waals surface area (Å²) in [6, 6.07) is 13.2. The van der Waals surface area contributed by atoms with Gasteiger partial charge in [-0.05, 0) is 37.3 Å².